The minimum atomic E-state index is 0. The fourth-order valence-corrected chi connectivity index (χ4v) is 1.74. The molecule has 0 amide bonds. The Hall–Kier alpha value is -0.730. The summed E-state index contributed by atoms with van der Waals surface area (Å²) in [6.07, 6.45) is 4.71. The monoisotopic (exact) mass is 243 g/mol. The first-order valence-electron chi connectivity index (χ1n) is 5.68. The molecule has 0 heterocycles. The third-order valence-corrected chi connectivity index (χ3v) is 2.66. The Bertz CT molecular complexity index is 291. The van der Waals surface area contributed by atoms with Crippen molar-refractivity contribution in [1.82, 2.24) is 0 Å². The number of halogens is 1. The highest BCUT2D eigenvalue weighted by atomic mass is 35.5. The van der Waals surface area contributed by atoms with Crippen LogP contribution in [-0.4, -0.2) is 7.11 Å². The summed E-state index contributed by atoms with van der Waals surface area (Å²) in [6, 6.07) is 8.11. The van der Waals surface area contributed by atoms with Crippen molar-refractivity contribution in [3.8, 4) is 5.75 Å². The average Bonchev–Trinajstić information content (AvgIpc) is 2.29. The third-order valence-electron chi connectivity index (χ3n) is 2.66. The van der Waals surface area contributed by atoms with Crippen molar-refractivity contribution in [2.45, 2.75) is 38.6 Å². The molecule has 1 rings (SSSR count). The third kappa shape index (κ3) is 4.42. The van der Waals surface area contributed by atoms with E-state index in [-0.39, 0.29) is 18.4 Å². The Labute approximate surface area is 105 Å². The molecule has 0 aliphatic heterocycles. The molecule has 1 aromatic carbocycles. The van der Waals surface area contributed by atoms with Crippen LogP contribution in [0.4, 0.5) is 0 Å². The van der Waals surface area contributed by atoms with Gasteiger partial charge in [0.05, 0.1) is 7.11 Å². The van der Waals surface area contributed by atoms with Gasteiger partial charge < -0.3 is 10.5 Å². The SMILES string of the molecule is CCCCCC(N)c1ccccc1OC.Cl. The second kappa shape index (κ2) is 8.43. The van der Waals surface area contributed by atoms with E-state index in [0.717, 1.165) is 17.7 Å². The zero-order valence-electron chi connectivity index (χ0n) is 10.1. The van der Waals surface area contributed by atoms with Crippen LogP contribution in [0.25, 0.3) is 0 Å². The van der Waals surface area contributed by atoms with E-state index in [1.54, 1.807) is 7.11 Å². The minimum absolute atomic E-state index is 0. The smallest absolute Gasteiger partial charge is 0.123 e. The summed E-state index contributed by atoms with van der Waals surface area (Å²) in [5.74, 6) is 0.904. The maximum Gasteiger partial charge on any atom is 0.123 e. The van der Waals surface area contributed by atoms with Crippen molar-refractivity contribution >= 4 is 12.4 Å². The molecule has 0 spiro atoms. The molecular formula is C13H22ClNO. The van der Waals surface area contributed by atoms with E-state index >= 15 is 0 Å². The van der Waals surface area contributed by atoms with Crippen LogP contribution in [0.2, 0.25) is 0 Å². The van der Waals surface area contributed by atoms with E-state index in [0.29, 0.717) is 0 Å². The molecule has 0 radical (unpaired) electrons. The zero-order valence-corrected chi connectivity index (χ0v) is 10.9. The first-order valence-corrected chi connectivity index (χ1v) is 5.68. The van der Waals surface area contributed by atoms with Crippen LogP contribution in [0.15, 0.2) is 24.3 Å². The van der Waals surface area contributed by atoms with Crippen molar-refractivity contribution in [2.75, 3.05) is 7.11 Å². The molecule has 1 aromatic rings. The van der Waals surface area contributed by atoms with E-state index in [9.17, 15) is 0 Å². The normalized spacial score (nSPS) is 11.7. The number of ether oxygens (including phenoxy) is 1. The standard InChI is InChI=1S/C13H21NO.ClH/c1-3-4-5-9-12(14)11-8-6-7-10-13(11)15-2;/h6-8,10,12H,3-5,9,14H2,1-2H3;1H. The van der Waals surface area contributed by atoms with E-state index in [1.807, 2.05) is 18.2 Å². The lowest BCUT2D eigenvalue weighted by molar-refractivity contribution is 0.403. The van der Waals surface area contributed by atoms with Gasteiger partial charge >= 0.3 is 0 Å². The summed E-state index contributed by atoms with van der Waals surface area (Å²) >= 11 is 0. The van der Waals surface area contributed by atoms with Gasteiger partial charge in [0.1, 0.15) is 5.75 Å². The van der Waals surface area contributed by atoms with Crippen LogP contribution in [0.5, 0.6) is 5.75 Å². The lowest BCUT2D eigenvalue weighted by Gasteiger charge is -2.15. The number of rotatable bonds is 6. The number of hydrogen-bond donors (Lipinski definition) is 1. The molecule has 2 N–H and O–H groups in total. The van der Waals surface area contributed by atoms with Crippen LogP contribution < -0.4 is 10.5 Å². The van der Waals surface area contributed by atoms with Gasteiger partial charge in [0.25, 0.3) is 0 Å². The van der Waals surface area contributed by atoms with Crippen molar-refractivity contribution < 1.29 is 4.74 Å². The van der Waals surface area contributed by atoms with Gasteiger partial charge in [-0.1, -0.05) is 44.4 Å². The van der Waals surface area contributed by atoms with E-state index < -0.39 is 0 Å². The summed E-state index contributed by atoms with van der Waals surface area (Å²) in [6.45, 7) is 2.20. The highest BCUT2D eigenvalue weighted by Crippen LogP contribution is 2.26. The molecule has 0 saturated carbocycles. The molecule has 16 heavy (non-hydrogen) atoms. The van der Waals surface area contributed by atoms with Gasteiger partial charge in [-0.25, -0.2) is 0 Å². The largest absolute Gasteiger partial charge is 0.496 e. The van der Waals surface area contributed by atoms with Gasteiger partial charge in [0.2, 0.25) is 0 Å². The fraction of sp³-hybridized carbons (Fsp3) is 0.538. The number of unbranched alkanes of at least 4 members (excludes halogenated alkanes) is 2. The van der Waals surface area contributed by atoms with E-state index in [1.165, 1.54) is 19.3 Å². The molecule has 0 fully saturated rings. The second-order valence-electron chi connectivity index (χ2n) is 3.84. The van der Waals surface area contributed by atoms with Crippen LogP contribution in [0, 0.1) is 0 Å². The predicted octanol–water partition coefficient (Wildman–Crippen LogP) is 3.70. The van der Waals surface area contributed by atoms with Crippen LogP contribution >= 0.6 is 12.4 Å². The highest BCUT2D eigenvalue weighted by Gasteiger charge is 2.10. The summed E-state index contributed by atoms with van der Waals surface area (Å²) in [7, 11) is 1.69. The number of para-hydroxylation sites is 1. The quantitative estimate of drug-likeness (QED) is 0.774. The van der Waals surface area contributed by atoms with E-state index in [4.69, 9.17) is 10.5 Å². The molecule has 92 valence electrons. The molecule has 3 heteroatoms. The lowest BCUT2D eigenvalue weighted by atomic mass is 10.0. The number of nitrogens with two attached hydrogens (primary N) is 1. The Morgan fingerprint density at radius 3 is 2.56 bits per heavy atom. The second-order valence-corrected chi connectivity index (χ2v) is 3.84. The molecule has 1 unspecified atom stereocenters. The van der Waals surface area contributed by atoms with Gasteiger partial charge in [-0.3, -0.25) is 0 Å². The Kier molecular flexibility index (Phi) is 8.04. The summed E-state index contributed by atoms with van der Waals surface area (Å²) in [4.78, 5) is 0. The van der Waals surface area contributed by atoms with Crippen molar-refractivity contribution in [2.24, 2.45) is 5.73 Å². The summed E-state index contributed by atoms with van der Waals surface area (Å²) in [5.41, 5.74) is 7.25. The Balaban J connectivity index is 0.00000225. The van der Waals surface area contributed by atoms with Crippen molar-refractivity contribution in [3.63, 3.8) is 0 Å². The fourth-order valence-electron chi connectivity index (χ4n) is 1.74. The van der Waals surface area contributed by atoms with Gasteiger partial charge in [0.15, 0.2) is 0 Å². The summed E-state index contributed by atoms with van der Waals surface area (Å²) in [5, 5.41) is 0. The van der Waals surface area contributed by atoms with Crippen LogP contribution in [-0.2, 0) is 0 Å². The molecule has 0 aliphatic rings. The first kappa shape index (κ1) is 15.3. The van der Waals surface area contributed by atoms with Crippen molar-refractivity contribution in [3.05, 3.63) is 29.8 Å². The summed E-state index contributed by atoms with van der Waals surface area (Å²) < 4.78 is 5.29. The molecule has 0 aliphatic carbocycles. The maximum atomic E-state index is 6.13. The molecule has 1 atom stereocenters. The molecule has 0 aromatic heterocycles. The Morgan fingerprint density at radius 1 is 1.25 bits per heavy atom. The lowest BCUT2D eigenvalue weighted by Crippen LogP contribution is -2.11. The Morgan fingerprint density at radius 2 is 1.94 bits per heavy atom. The topological polar surface area (TPSA) is 35.2 Å². The van der Waals surface area contributed by atoms with Gasteiger partial charge in [-0.05, 0) is 12.5 Å². The maximum absolute atomic E-state index is 6.13. The minimum Gasteiger partial charge on any atom is -0.496 e. The van der Waals surface area contributed by atoms with Gasteiger partial charge in [0, 0.05) is 11.6 Å². The molecule has 0 bridgehead atoms. The predicted molar refractivity (Wildman–Crippen MR) is 71.3 cm³/mol. The van der Waals surface area contributed by atoms with Crippen LogP contribution in [0.3, 0.4) is 0 Å². The number of hydrogen-bond acceptors (Lipinski definition) is 2. The zero-order chi connectivity index (χ0) is 11.1. The van der Waals surface area contributed by atoms with Gasteiger partial charge in [-0.2, -0.15) is 0 Å². The molecular weight excluding hydrogens is 222 g/mol. The average molecular weight is 244 g/mol. The molecule has 2 nitrogen and oxygen atoms in total. The van der Waals surface area contributed by atoms with Crippen LogP contribution in [0.1, 0.15) is 44.2 Å². The van der Waals surface area contributed by atoms with E-state index in [2.05, 4.69) is 13.0 Å². The molecule has 0 saturated heterocycles. The van der Waals surface area contributed by atoms with Crippen molar-refractivity contribution in [1.29, 1.82) is 0 Å². The first-order chi connectivity index (χ1) is 7.29. The van der Waals surface area contributed by atoms with Gasteiger partial charge in [-0.15, -0.1) is 12.4 Å². The highest BCUT2D eigenvalue weighted by molar-refractivity contribution is 5.85. The number of methoxy groups -OCH3 is 1. The number of benzene rings is 1.